The summed E-state index contributed by atoms with van der Waals surface area (Å²) in [5, 5.41) is 2.84. The second-order valence-corrected chi connectivity index (χ2v) is 6.76. The molecule has 5 heteroatoms. The van der Waals surface area contributed by atoms with Crippen molar-refractivity contribution in [3.8, 4) is 0 Å². The van der Waals surface area contributed by atoms with Crippen LogP contribution in [0.15, 0.2) is 30.3 Å². The molecule has 2 rings (SSSR count). The minimum absolute atomic E-state index is 0.0166. The molecule has 1 aromatic carbocycles. The fourth-order valence-electron chi connectivity index (χ4n) is 2.62. The van der Waals surface area contributed by atoms with E-state index in [2.05, 4.69) is 5.32 Å². The molecule has 0 aromatic heterocycles. The summed E-state index contributed by atoms with van der Waals surface area (Å²) in [7, 11) is 0. The first kappa shape index (κ1) is 15.9. The summed E-state index contributed by atoms with van der Waals surface area (Å²) in [6.45, 7) is 4.13. The smallest absolute Gasteiger partial charge is 0.248 e. The lowest BCUT2D eigenvalue weighted by Crippen LogP contribution is -2.64. The van der Waals surface area contributed by atoms with Gasteiger partial charge in [-0.05, 0) is 37.8 Å². The van der Waals surface area contributed by atoms with Crippen LogP contribution in [0.25, 0.3) is 0 Å². The van der Waals surface area contributed by atoms with Crippen molar-refractivity contribution in [3.05, 3.63) is 35.9 Å². The summed E-state index contributed by atoms with van der Waals surface area (Å²) in [5.74, 6) is 0.861. The predicted octanol–water partition coefficient (Wildman–Crippen LogP) is 2.22. The van der Waals surface area contributed by atoms with Crippen LogP contribution in [0.1, 0.15) is 31.9 Å². The van der Waals surface area contributed by atoms with Gasteiger partial charge in [0.05, 0.1) is 0 Å². The van der Waals surface area contributed by atoms with Crippen LogP contribution in [-0.2, 0) is 9.59 Å². The minimum atomic E-state index is -0.832. The first-order valence-corrected chi connectivity index (χ1v) is 8.54. The van der Waals surface area contributed by atoms with E-state index in [4.69, 9.17) is 0 Å². The Morgan fingerprint density at radius 2 is 1.90 bits per heavy atom. The number of hydrogen-bond acceptors (Lipinski definition) is 3. The molecule has 2 amide bonds. The van der Waals surface area contributed by atoms with Crippen molar-refractivity contribution in [2.45, 2.75) is 31.8 Å². The third-order valence-corrected chi connectivity index (χ3v) is 4.35. The molecule has 0 radical (unpaired) electrons. The number of thioether (sulfide) groups is 1. The monoisotopic (exact) mass is 306 g/mol. The lowest BCUT2D eigenvalue weighted by molar-refractivity contribution is -0.153. The maximum atomic E-state index is 12.7. The van der Waals surface area contributed by atoms with Crippen LogP contribution in [0.5, 0.6) is 0 Å². The van der Waals surface area contributed by atoms with Gasteiger partial charge in [0.1, 0.15) is 11.6 Å². The molecule has 1 aliphatic rings. The first-order chi connectivity index (χ1) is 9.97. The highest BCUT2D eigenvalue weighted by Gasteiger charge is 2.45. The summed E-state index contributed by atoms with van der Waals surface area (Å²) in [4.78, 5) is 26.9. The molecule has 1 aliphatic heterocycles. The third kappa shape index (κ3) is 3.40. The van der Waals surface area contributed by atoms with E-state index >= 15 is 0 Å². The Balaban J connectivity index is 2.30. The number of nitrogens with one attached hydrogen (secondary N) is 1. The van der Waals surface area contributed by atoms with Crippen molar-refractivity contribution in [1.29, 1.82) is 0 Å². The van der Waals surface area contributed by atoms with Crippen LogP contribution in [-0.4, -0.2) is 40.8 Å². The van der Waals surface area contributed by atoms with Gasteiger partial charge in [-0.25, -0.2) is 0 Å². The van der Waals surface area contributed by atoms with Gasteiger partial charge in [0.25, 0.3) is 0 Å². The van der Waals surface area contributed by atoms with Crippen molar-refractivity contribution in [2.24, 2.45) is 0 Å². The van der Waals surface area contributed by atoms with Gasteiger partial charge in [-0.1, -0.05) is 30.3 Å². The van der Waals surface area contributed by atoms with E-state index in [0.29, 0.717) is 6.54 Å². The Morgan fingerprint density at radius 1 is 1.24 bits per heavy atom. The second-order valence-electron chi connectivity index (χ2n) is 5.77. The Hall–Kier alpha value is -1.49. The molecule has 21 heavy (non-hydrogen) atoms. The number of hydrogen-bond donors (Lipinski definition) is 1. The van der Waals surface area contributed by atoms with Gasteiger partial charge in [-0.3, -0.25) is 9.59 Å². The molecular formula is C16H22N2O2S. The summed E-state index contributed by atoms with van der Waals surface area (Å²) in [5.41, 5.74) is 0.0323. The van der Waals surface area contributed by atoms with E-state index in [1.165, 1.54) is 0 Å². The molecule has 1 unspecified atom stereocenters. The molecule has 114 valence electrons. The average molecular weight is 306 g/mol. The van der Waals surface area contributed by atoms with Gasteiger partial charge in [0.15, 0.2) is 0 Å². The minimum Gasteiger partial charge on any atom is -0.340 e. The fraction of sp³-hybridized carbons (Fsp3) is 0.500. The predicted molar refractivity (Wildman–Crippen MR) is 86.1 cm³/mol. The molecular weight excluding hydrogens is 284 g/mol. The zero-order valence-electron chi connectivity index (χ0n) is 12.8. The maximum Gasteiger partial charge on any atom is 0.248 e. The van der Waals surface area contributed by atoms with E-state index in [9.17, 15) is 9.59 Å². The van der Waals surface area contributed by atoms with Crippen LogP contribution in [0.4, 0.5) is 0 Å². The van der Waals surface area contributed by atoms with Gasteiger partial charge >= 0.3 is 0 Å². The molecule has 1 aromatic rings. The number of amides is 2. The molecule has 0 aliphatic carbocycles. The number of benzene rings is 1. The second kappa shape index (κ2) is 6.52. The van der Waals surface area contributed by atoms with Crippen molar-refractivity contribution in [1.82, 2.24) is 10.2 Å². The normalized spacial score (nSPS) is 21.3. The quantitative estimate of drug-likeness (QED) is 0.849. The number of carbonyl (C=O) groups excluding carboxylic acids is 2. The molecule has 1 N–H and O–H groups in total. The Morgan fingerprint density at radius 3 is 2.52 bits per heavy atom. The van der Waals surface area contributed by atoms with E-state index in [-0.39, 0.29) is 11.8 Å². The van der Waals surface area contributed by atoms with Crippen molar-refractivity contribution >= 4 is 23.6 Å². The topological polar surface area (TPSA) is 49.4 Å². The molecule has 4 nitrogen and oxygen atoms in total. The number of rotatable bonds is 5. The Labute approximate surface area is 130 Å². The van der Waals surface area contributed by atoms with Crippen LogP contribution >= 0.6 is 11.8 Å². The number of nitrogens with zero attached hydrogens (tertiary/aromatic N) is 1. The Bertz CT molecular complexity index is 516. The van der Waals surface area contributed by atoms with Crippen LogP contribution in [0.3, 0.4) is 0 Å². The highest BCUT2D eigenvalue weighted by Crippen LogP contribution is 2.29. The van der Waals surface area contributed by atoms with E-state index in [0.717, 1.165) is 17.7 Å². The van der Waals surface area contributed by atoms with Gasteiger partial charge in [-0.15, -0.1) is 0 Å². The SMILES string of the molecule is CSCCCN1C(=O)C(C)(C)NC(=O)C1c1ccccc1. The third-order valence-electron chi connectivity index (χ3n) is 3.65. The molecule has 1 atom stereocenters. The summed E-state index contributed by atoms with van der Waals surface area (Å²) in [6.07, 6.45) is 2.93. The van der Waals surface area contributed by atoms with Gasteiger partial charge < -0.3 is 10.2 Å². The van der Waals surface area contributed by atoms with Gasteiger partial charge in [0, 0.05) is 6.54 Å². The maximum absolute atomic E-state index is 12.7. The van der Waals surface area contributed by atoms with Gasteiger partial charge in [-0.2, -0.15) is 11.8 Å². The zero-order chi connectivity index (χ0) is 15.5. The van der Waals surface area contributed by atoms with E-state index in [1.807, 2.05) is 36.6 Å². The Kier molecular flexibility index (Phi) is 4.93. The number of carbonyl (C=O) groups is 2. The van der Waals surface area contributed by atoms with E-state index < -0.39 is 11.6 Å². The number of piperazine rings is 1. The highest BCUT2D eigenvalue weighted by atomic mass is 32.2. The molecule has 1 fully saturated rings. The molecule has 1 saturated heterocycles. The highest BCUT2D eigenvalue weighted by molar-refractivity contribution is 7.98. The van der Waals surface area contributed by atoms with Crippen molar-refractivity contribution in [3.63, 3.8) is 0 Å². The molecule has 1 heterocycles. The van der Waals surface area contributed by atoms with Crippen molar-refractivity contribution in [2.75, 3.05) is 18.6 Å². The average Bonchev–Trinajstić information content (AvgIpc) is 2.45. The van der Waals surface area contributed by atoms with Crippen LogP contribution in [0.2, 0.25) is 0 Å². The fourth-order valence-corrected chi connectivity index (χ4v) is 3.04. The summed E-state index contributed by atoms with van der Waals surface area (Å²) in [6, 6.07) is 8.98. The molecule has 0 spiro atoms. The first-order valence-electron chi connectivity index (χ1n) is 7.14. The summed E-state index contributed by atoms with van der Waals surface area (Å²) >= 11 is 1.75. The zero-order valence-corrected chi connectivity index (χ0v) is 13.6. The van der Waals surface area contributed by atoms with Gasteiger partial charge in [0.2, 0.25) is 11.8 Å². The van der Waals surface area contributed by atoms with Crippen LogP contribution in [0, 0.1) is 0 Å². The lowest BCUT2D eigenvalue weighted by atomic mass is 9.93. The standard InChI is InChI=1S/C16H22N2O2S/c1-16(2)15(20)18(10-7-11-21-3)13(14(19)17-16)12-8-5-4-6-9-12/h4-6,8-9,13H,7,10-11H2,1-3H3,(H,17,19). The lowest BCUT2D eigenvalue weighted by Gasteiger charge is -2.43. The molecule has 0 bridgehead atoms. The largest absolute Gasteiger partial charge is 0.340 e. The van der Waals surface area contributed by atoms with E-state index in [1.54, 1.807) is 30.5 Å². The summed E-state index contributed by atoms with van der Waals surface area (Å²) < 4.78 is 0. The van der Waals surface area contributed by atoms with Crippen LogP contribution < -0.4 is 5.32 Å². The van der Waals surface area contributed by atoms with Crippen molar-refractivity contribution < 1.29 is 9.59 Å². The molecule has 0 saturated carbocycles.